The highest BCUT2D eigenvalue weighted by Crippen LogP contribution is 2.20. The van der Waals surface area contributed by atoms with E-state index in [0.29, 0.717) is 11.8 Å². The maximum absolute atomic E-state index is 3.36. The van der Waals surface area contributed by atoms with Gasteiger partial charge in [0.2, 0.25) is 0 Å². The number of hydrogen-bond acceptors (Lipinski definition) is 0. The van der Waals surface area contributed by atoms with Crippen molar-refractivity contribution in [2.75, 3.05) is 0 Å². The lowest BCUT2D eigenvalue weighted by molar-refractivity contribution is 0.533. The van der Waals surface area contributed by atoms with Crippen LogP contribution in [0, 0.1) is 17.9 Å². The molecule has 0 aliphatic heterocycles. The molecule has 0 saturated heterocycles. The second-order valence-electron chi connectivity index (χ2n) is 2.83. The molecule has 0 bridgehead atoms. The Hall–Kier alpha value is -0.520. The monoisotopic (exact) mass is 121 g/mol. The van der Waals surface area contributed by atoms with E-state index in [1.54, 1.807) is 0 Å². The van der Waals surface area contributed by atoms with Gasteiger partial charge in [-0.2, -0.15) is 6.08 Å². The van der Waals surface area contributed by atoms with Gasteiger partial charge in [-0.1, -0.05) is 32.6 Å². The van der Waals surface area contributed by atoms with E-state index in [1.807, 2.05) is 0 Å². The molecule has 1 aliphatic carbocycles. The number of rotatable bonds is 0. The summed E-state index contributed by atoms with van der Waals surface area (Å²) in [6, 6.07) is 0. The van der Waals surface area contributed by atoms with Crippen LogP contribution in [-0.4, -0.2) is 0 Å². The third-order valence-electron chi connectivity index (χ3n) is 1.89. The average molecular weight is 121 g/mol. The van der Waals surface area contributed by atoms with Crippen LogP contribution in [0.15, 0.2) is 17.7 Å². The molecule has 0 saturated carbocycles. The molecule has 1 rings (SSSR count). The molecule has 0 heterocycles. The molecule has 0 aromatic heterocycles. The molecule has 0 aromatic carbocycles. The van der Waals surface area contributed by atoms with Gasteiger partial charge in [0.05, 0.1) is 0 Å². The van der Waals surface area contributed by atoms with Gasteiger partial charge in [-0.05, 0) is 0 Å². The van der Waals surface area contributed by atoms with Crippen molar-refractivity contribution in [3.8, 4) is 0 Å². The molecule has 2 unspecified atom stereocenters. The summed E-state index contributed by atoms with van der Waals surface area (Å²) in [6.07, 6.45) is 7.75. The van der Waals surface area contributed by atoms with Crippen molar-refractivity contribution in [2.45, 2.75) is 20.8 Å². The lowest BCUT2D eigenvalue weighted by Gasteiger charge is -2.25. The molecule has 0 fully saturated rings. The summed E-state index contributed by atoms with van der Waals surface area (Å²) in [4.78, 5) is 0. The van der Waals surface area contributed by atoms with Gasteiger partial charge in [-0.25, -0.2) is 11.6 Å². The Balaban J connectivity index is 2.70. The summed E-state index contributed by atoms with van der Waals surface area (Å²) in [5.41, 5.74) is 1.28. The number of hydrogen-bond donors (Lipinski definition) is 0. The van der Waals surface area contributed by atoms with Crippen LogP contribution in [0.4, 0.5) is 0 Å². The molecule has 0 nitrogen and oxygen atoms in total. The summed E-state index contributed by atoms with van der Waals surface area (Å²) in [7, 11) is 0. The lowest BCUT2D eigenvalue weighted by atomic mass is 9.89. The fraction of sp³-hybridized carbons (Fsp3) is 0.556. The van der Waals surface area contributed by atoms with Gasteiger partial charge in [0.1, 0.15) is 0 Å². The molecule has 0 radical (unpaired) electrons. The van der Waals surface area contributed by atoms with Crippen molar-refractivity contribution >= 4 is 0 Å². The predicted octanol–water partition coefficient (Wildman–Crippen LogP) is 2.58. The fourth-order valence-corrected chi connectivity index (χ4v) is 1.00. The van der Waals surface area contributed by atoms with Crippen molar-refractivity contribution in [1.29, 1.82) is 0 Å². The molecule has 0 spiro atoms. The molecule has 2 atom stereocenters. The Morgan fingerprint density at radius 3 is 2.56 bits per heavy atom. The van der Waals surface area contributed by atoms with Gasteiger partial charge < -0.3 is 0 Å². The van der Waals surface area contributed by atoms with Crippen molar-refractivity contribution in [3.05, 3.63) is 23.8 Å². The second-order valence-corrected chi connectivity index (χ2v) is 2.83. The summed E-state index contributed by atoms with van der Waals surface area (Å²) < 4.78 is 0. The zero-order valence-electron chi connectivity index (χ0n) is 6.31. The van der Waals surface area contributed by atoms with Crippen molar-refractivity contribution < 1.29 is 0 Å². The van der Waals surface area contributed by atoms with Gasteiger partial charge in [0.15, 0.2) is 0 Å². The molecule has 50 valence electrons. The summed E-state index contributed by atoms with van der Waals surface area (Å²) in [6.45, 7) is 6.52. The molecule has 0 heteroatoms. The minimum Gasteiger partial charge on any atom is -0.269 e. The zero-order chi connectivity index (χ0) is 6.85. The maximum atomic E-state index is 3.36. The van der Waals surface area contributed by atoms with Crippen LogP contribution in [0.25, 0.3) is 0 Å². The third-order valence-corrected chi connectivity index (χ3v) is 1.89. The van der Waals surface area contributed by atoms with E-state index in [9.17, 15) is 0 Å². The van der Waals surface area contributed by atoms with Crippen molar-refractivity contribution in [1.82, 2.24) is 0 Å². The smallest absolute Gasteiger partial charge is 0.0523 e. The van der Waals surface area contributed by atoms with E-state index in [4.69, 9.17) is 0 Å². The minimum atomic E-state index is 0.606. The topological polar surface area (TPSA) is 0 Å². The van der Waals surface area contributed by atoms with E-state index in [2.05, 4.69) is 39.0 Å². The van der Waals surface area contributed by atoms with E-state index >= 15 is 0 Å². The van der Waals surface area contributed by atoms with Crippen molar-refractivity contribution in [2.24, 2.45) is 11.8 Å². The molecule has 1 aliphatic rings. The standard InChI is InChI=1S/C9H13/c1-7-4-5-8(2)9(3)6-7/h4-5,8-9H,1-3H3/q-1. The van der Waals surface area contributed by atoms with Crippen LogP contribution in [0.3, 0.4) is 0 Å². The summed E-state index contributed by atoms with van der Waals surface area (Å²) in [5, 5.41) is 0. The average Bonchev–Trinajstić information content (AvgIpc) is 1.80. The Kier molecular flexibility index (Phi) is 1.75. The van der Waals surface area contributed by atoms with Gasteiger partial charge in [0.25, 0.3) is 0 Å². The van der Waals surface area contributed by atoms with Crippen LogP contribution < -0.4 is 0 Å². The zero-order valence-corrected chi connectivity index (χ0v) is 6.31. The van der Waals surface area contributed by atoms with E-state index in [-0.39, 0.29) is 0 Å². The lowest BCUT2D eigenvalue weighted by Crippen LogP contribution is -2.06. The largest absolute Gasteiger partial charge is 0.269 e. The quantitative estimate of drug-likeness (QED) is 0.432. The normalized spacial score (nSPS) is 34.3. The van der Waals surface area contributed by atoms with Crippen LogP contribution in [0.1, 0.15) is 20.8 Å². The Bertz CT molecular complexity index is 151. The highest BCUT2D eigenvalue weighted by molar-refractivity contribution is 5.18. The first kappa shape index (κ1) is 6.60. The van der Waals surface area contributed by atoms with E-state index in [0.717, 1.165) is 0 Å². The van der Waals surface area contributed by atoms with Gasteiger partial charge in [-0.3, -0.25) is 6.08 Å². The van der Waals surface area contributed by atoms with E-state index < -0.39 is 0 Å². The van der Waals surface area contributed by atoms with Crippen molar-refractivity contribution in [3.63, 3.8) is 0 Å². The number of allylic oxidation sites excluding steroid dienone is 4. The Morgan fingerprint density at radius 2 is 2.11 bits per heavy atom. The first-order valence-corrected chi connectivity index (χ1v) is 3.48. The minimum absolute atomic E-state index is 0.606. The highest BCUT2D eigenvalue weighted by atomic mass is 14.1. The van der Waals surface area contributed by atoms with Crippen LogP contribution in [0.2, 0.25) is 0 Å². The summed E-state index contributed by atoms with van der Waals surface area (Å²) in [5.74, 6) is 1.28. The Morgan fingerprint density at radius 1 is 1.44 bits per heavy atom. The molecular weight excluding hydrogens is 108 g/mol. The van der Waals surface area contributed by atoms with Crippen LogP contribution >= 0.6 is 0 Å². The second kappa shape index (κ2) is 2.38. The van der Waals surface area contributed by atoms with Gasteiger partial charge in [0, 0.05) is 0 Å². The highest BCUT2D eigenvalue weighted by Gasteiger charge is 2.00. The first-order valence-electron chi connectivity index (χ1n) is 3.48. The van der Waals surface area contributed by atoms with Gasteiger partial charge in [-0.15, -0.1) is 0 Å². The molecule has 0 amide bonds. The third kappa shape index (κ3) is 1.44. The SMILES string of the molecule is CC1=[C-]C(C)C(C)C=C1. The first-order chi connectivity index (χ1) is 4.20. The van der Waals surface area contributed by atoms with Gasteiger partial charge >= 0.3 is 0 Å². The molecular formula is C9H13-. The molecule has 9 heavy (non-hydrogen) atoms. The molecule has 0 aromatic rings. The van der Waals surface area contributed by atoms with Crippen LogP contribution in [0.5, 0.6) is 0 Å². The Labute approximate surface area is 57.3 Å². The van der Waals surface area contributed by atoms with Crippen LogP contribution in [-0.2, 0) is 0 Å². The predicted molar refractivity (Wildman–Crippen MR) is 39.9 cm³/mol. The van der Waals surface area contributed by atoms with E-state index in [1.165, 1.54) is 5.57 Å². The molecule has 0 N–H and O–H groups in total. The fourth-order valence-electron chi connectivity index (χ4n) is 1.00. The maximum Gasteiger partial charge on any atom is -0.0523 e. The summed E-state index contributed by atoms with van der Waals surface area (Å²) >= 11 is 0.